The van der Waals surface area contributed by atoms with E-state index in [2.05, 4.69) is 36.3 Å². The average molecular weight is 228 g/mol. The summed E-state index contributed by atoms with van der Waals surface area (Å²) >= 11 is 0. The summed E-state index contributed by atoms with van der Waals surface area (Å²) in [5.41, 5.74) is 0.906. The molecule has 1 aliphatic rings. The predicted molar refractivity (Wildman–Crippen MR) is 70.7 cm³/mol. The molecule has 1 aromatic carbocycles. The van der Waals surface area contributed by atoms with E-state index in [-0.39, 0.29) is 0 Å². The highest BCUT2D eigenvalue weighted by Crippen LogP contribution is 2.39. The van der Waals surface area contributed by atoms with Crippen molar-refractivity contribution in [2.75, 3.05) is 0 Å². The van der Waals surface area contributed by atoms with Crippen LogP contribution in [0.4, 0.5) is 0 Å². The number of benzene rings is 1. The van der Waals surface area contributed by atoms with Crippen LogP contribution in [0.1, 0.15) is 50.0 Å². The van der Waals surface area contributed by atoms with Gasteiger partial charge in [-0.05, 0) is 43.6 Å². The molecule has 1 heteroatoms. The van der Waals surface area contributed by atoms with Gasteiger partial charge in [0.25, 0.3) is 0 Å². The highest BCUT2D eigenvalue weighted by atomic mass is 16.3. The molecule has 0 saturated heterocycles. The molecule has 0 radical (unpaired) electrons. The summed E-state index contributed by atoms with van der Waals surface area (Å²) in [6.45, 7) is 0. The largest absolute Gasteiger partial charge is 0.390 e. The molecule has 0 unspecified atom stereocenters. The van der Waals surface area contributed by atoms with Crippen LogP contribution < -0.4 is 0 Å². The minimum absolute atomic E-state index is 0.502. The molecule has 1 saturated carbocycles. The molecule has 17 heavy (non-hydrogen) atoms. The molecule has 0 amide bonds. The summed E-state index contributed by atoms with van der Waals surface area (Å²) in [4.78, 5) is 0. The van der Waals surface area contributed by atoms with Crippen LogP contribution in [0.2, 0.25) is 0 Å². The first kappa shape index (κ1) is 12.2. The van der Waals surface area contributed by atoms with Gasteiger partial charge in [-0.1, -0.05) is 30.3 Å². The second-order valence-electron chi connectivity index (χ2n) is 5.11. The van der Waals surface area contributed by atoms with E-state index in [1.165, 1.54) is 5.56 Å². The van der Waals surface area contributed by atoms with Crippen LogP contribution in [0.5, 0.6) is 0 Å². The molecule has 1 aliphatic carbocycles. The maximum absolute atomic E-state index is 10.4. The number of rotatable bonds is 3. The lowest BCUT2D eigenvalue weighted by molar-refractivity contribution is -0.00714. The molecule has 0 aromatic heterocycles. The first-order chi connectivity index (χ1) is 8.23. The van der Waals surface area contributed by atoms with Crippen LogP contribution in [0.15, 0.2) is 30.3 Å². The van der Waals surface area contributed by atoms with Gasteiger partial charge in [0.1, 0.15) is 0 Å². The third-order valence-corrected chi connectivity index (χ3v) is 3.92. The van der Waals surface area contributed by atoms with Crippen LogP contribution in [-0.4, -0.2) is 10.7 Å². The molecule has 0 aliphatic heterocycles. The van der Waals surface area contributed by atoms with Gasteiger partial charge in [-0.15, -0.1) is 12.3 Å². The fourth-order valence-corrected chi connectivity index (χ4v) is 2.77. The molecular formula is C16H20O. The fourth-order valence-electron chi connectivity index (χ4n) is 2.77. The van der Waals surface area contributed by atoms with Crippen molar-refractivity contribution in [1.82, 2.24) is 0 Å². The van der Waals surface area contributed by atoms with E-state index in [0.717, 1.165) is 32.1 Å². The second-order valence-corrected chi connectivity index (χ2v) is 5.11. The van der Waals surface area contributed by atoms with Crippen LogP contribution in [-0.2, 0) is 0 Å². The van der Waals surface area contributed by atoms with E-state index in [1.807, 2.05) is 0 Å². The average Bonchev–Trinajstić information content (AvgIpc) is 2.38. The second kappa shape index (κ2) is 5.38. The van der Waals surface area contributed by atoms with Crippen molar-refractivity contribution < 1.29 is 5.11 Å². The van der Waals surface area contributed by atoms with E-state index >= 15 is 0 Å². The summed E-state index contributed by atoms with van der Waals surface area (Å²) in [5.74, 6) is 3.24. The van der Waals surface area contributed by atoms with E-state index in [1.54, 1.807) is 0 Å². The first-order valence-electron chi connectivity index (χ1n) is 6.44. The van der Waals surface area contributed by atoms with Crippen molar-refractivity contribution in [1.29, 1.82) is 0 Å². The van der Waals surface area contributed by atoms with E-state index < -0.39 is 5.60 Å². The number of hydrogen-bond acceptors (Lipinski definition) is 1. The molecule has 90 valence electrons. The Morgan fingerprint density at radius 2 is 1.88 bits per heavy atom. The van der Waals surface area contributed by atoms with Crippen molar-refractivity contribution in [2.45, 2.75) is 50.0 Å². The maximum Gasteiger partial charge on any atom is 0.0657 e. The highest BCUT2D eigenvalue weighted by Gasteiger charge is 2.32. The summed E-state index contributed by atoms with van der Waals surface area (Å²) in [6.07, 6.45) is 10.6. The topological polar surface area (TPSA) is 20.2 Å². The van der Waals surface area contributed by atoms with Gasteiger partial charge in [0.2, 0.25) is 0 Å². The Morgan fingerprint density at radius 1 is 1.24 bits per heavy atom. The zero-order valence-electron chi connectivity index (χ0n) is 10.2. The van der Waals surface area contributed by atoms with Crippen LogP contribution in [0.3, 0.4) is 0 Å². The monoisotopic (exact) mass is 228 g/mol. The van der Waals surface area contributed by atoms with Crippen LogP contribution in [0, 0.1) is 12.3 Å². The minimum Gasteiger partial charge on any atom is -0.390 e. The smallest absolute Gasteiger partial charge is 0.0657 e. The molecular weight excluding hydrogens is 208 g/mol. The predicted octanol–water partition coefficient (Wildman–Crippen LogP) is 3.49. The van der Waals surface area contributed by atoms with Crippen LogP contribution >= 0.6 is 0 Å². The molecule has 0 bridgehead atoms. The minimum atomic E-state index is -0.502. The van der Waals surface area contributed by atoms with Gasteiger partial charge in [0.05, 0.1) is 5.60 Å². The summed E-state index contributed by atoms with van der Waals surface area (Å²) in [5, 5.41) is 10.4. The molecule has 0 atom stereocenters. The van der Waals surface area contributed by atoms with Crippen molar-refractivity contribution >= 4 is 0 Å². The lowest BCUT2D eigenvalue weighted by Crippen LogP contribution is -2.33. The zero-order chi connectivity index (χ0) is 12.1. The normalized spacial score (nSPS) is 28.6. The van der Waals surface area contributed by atoms with Crippen molar-refractivity contribution in [3.63, 3.8) is 0 Å². The third kappa shape index (κ3) is 3.11. The number of aliphatic hydroxyl groups is 1. The fraction of sp³-hybridized carbons (Fsp3) is 0.500. The summed E-state index contributed by atoms with van der Waals surface area (Å²) in [6, 6.07) is 10.6. The molecule has 1 fully saturated rings. The van der Waals surface area contributed by atoms with Crippen LogP contribution in [0.25, 0.3) is 0 Å². The Kier molecular flexibility index (Phi) is 3.86. The van der Waals surface area contributed by atoms with Crippen molar-refractivity contribution in [3.05, 3.63) is 35.9 Å². The van der Waals surface area contributed by atoms with Gasteiger partial charge in [-0.25, -0.2) is 0 Å². The SMILES string of the molecule is C#CCCC1(O)CCC(c2ccccc2)CC1. The van der Waals surface area contributed by atoms with E-state index in [4.69, 9.17) is 6.42 Å². The van der Waals surface area contributed by atoms with Gasteiger partial charge in [0.15, 0.2) is 0 Å². The summed E-state index contributed by atoms with van der Waals surface area (Å²) in [7, 11) is 0. The molecule has 2 rings (SSSR count). The maximum atomic E-state index is 10.4. The Labute approximate surface area is 104 Å². The van der Waals surface area contributed by atoms with Gasteiger partial charge in [0, 0.05) is 6.42 Å². The van der Waals surface area contributed by atoms with E-state index in [9.17, 15) is 5.11 Å². The highest BCUT2D eigenvalue weighted by molar-refractivity contribution is 5.20. The molecule has 1 N–H and O–H groups in total. The van der Waals surface area contributed by atoms with Crippen molar-refractivity contribution in [2.24, 2.45) is 0 Å². The molecule has 1 aromatic rings. The summed E-state index contributed by atoms with van der Waals surface area (Å²) < 4.78 is 0. The molecule has 1 nitrogen and oxygen atoms in total. The number of terminal acetylenes is 1. The van der Waals surface area contributed by atoms with Crippen molar-refractivity contribution in [3.8, 4) is 12.3 Å². The van der Waals surface area contributed by atoms with Gasteiger partial charge >= 0.3 is 0 Å². The van der Waals surface area contributed by atoms with Gasteiger partial charge in [-0.3, -0.25) is 0 Å². The number of hydrogen-bond donors (Lipinski definition) is 1. The van der Waals surface area contributed by atoms with Gasteiger partial charge in [-0.2, -0.15) is 0 Å². The Bertz CT molecular complexity index is 380. The molecule has 0 heterocycles. The Hall–Kier alpha value is -1.26. The lowest BCUT2D eigenvalue weighted by atomic mass is 9.74. The Morgan fingerprint density at radius 3 is 2.47 bits per heavy atom. The first-order valence-corrected chi connectivity index (χ1v) is 6.44. The zero-order valence-corrected chi connectivity index (χ0v) is 10.2. The Balaban J connectivity index is 1.92. The van der Waals surface area contributed by atoms with Gasteiger partial charge < -0.3 is 5.11 Å². The molecule has 0 spiro atoms. The third-order valence-electron chi connectivity index (χ3n) is 3.92. The quantitative estimate of drug-likeness (QED) is 0.785. The van der Waals surface area contributed by atoms with E-state index in [0.29, 0.717) is 12.3 Å². The lowest BCUT2D eigenvalue weighted by Gasteiger charge is -2.36. The standard InChI is InChI=1S/C16H20O/c1-2-3-11-16(17)12-9-15(10-13-16)14-7-5-4-6-8-14/h1,4-8,15,17H,3,9-13H2.